The number of hydrogen-bond donors (Lipinski definition) is 2. The maximum atomic E-state index is 13.2. The zero-order valence-corrected chi connectivity index (χ0v) is 11.8. The Kier molecular flexibility index (Phi) is 5.44. The first-order chi connectivity index (χ1) is 10.1. The van der Waals surface area contributed by atoms with Gasteiger partial charge in [0.15, 0.2) is 0 Å². The molecule has 0 heterocycles. The summed E-state index contributed by atoms with van der Waals surface area (Å²) in [7, 11) is -1.54. The van der Waals surface area contributed by atoms with Crippen LogP contribution in [0.2, 0.25) is 5.02 Å². The lowest BCUT2D eigenvalue weighted by Gasteiger charge is -2.09. The summed E-state index contributed by atoms with van der Waals surface area (Å²) >= 11 is 5.57. The molecule has 0 aromatic heterocycles. The third-order valence-corrected chi connectivity index (χ3v) is 2.97. The van der Waals surface area contributed by atoms with Crippen molar-refractivity contribution in [2.24, 2.45) is 0 Å². The van der Waals surface area contributed by atoms with Gasteiger partial charge in [-0.1, -0.05) is 23.7 Å². The quantitative estimate of drug-likeness (QED) is 0.629. The lowest BCUT2D eigenvalue weighted by Crippen LogP contribution is -2.29. The highest BCUT2D eigenvalue weighted by Crippen LogP contribution is 2.20. The molecule has 21 heavy (non-hydrogen) atoms. The molecule has 0 amide bonds. The van der Waals surface area contributed by atoms with E-state index in [2.05, 4.69) is 0 Å². The van der Waals surface area contributed by atoms with E-state index in [4.69, 9.17) is 31.1 Å². The maximum Gasteiger partial charge on any atom is 0.488 e. The van der Waals surface area contributed by atoms with Gasteiger partial charge in [-0.05, 0) is 29.7 Å². The summed E-state index contributed by atoms with van der Waals surface area (Å²) in [5, 5.41) is 18.1. The van der Waals surface area contributed by atoms with Gasteiger partial charge in [-0.15, -0.1) is 0 Å². The summed E-state index contributed by atoms with van der Waals surface area (Å²) in [6, 6.07) is 10.6. The molecule has 2 aromatic rings. The minimum absolute atomic E-state index is 0.0398. The minimum Gasteiger partial charge on any atom is -0.490 e. The predicted molar refractivity (Wildman–Crippen MR) is 78.7 cm³/mol. The van der Waals surface area contributed by atoms with Crippen molar-refractivity contribution in [3.8, 4) is 11.5 Å². The van der Waals surface area contributed by atoms with E-state index in [1.807, 2.05) is 0 Å². The second-order valence-corrected chi connectivity index (χ2v) is 4.63. The molecule has 0 fully saturated rings. The van der Waals surface area contributed by atoms with Gasteiger partial charge in [-0.2, -0.15) is 0 Å². The van der Waals surface area contributed by atoms with Crippen molar-refractivity contribution in [1.29, 1.82) is 0 Å². The summed E-state index contributed by atoms with van der Waals surface area (Å²) < 4.78 is 23.9. The fourth-order valence-corrected chi connectivity index (χ4v) is 1.77. The molecule has 0 aliphatic heterocycles. The first kappa shape index (κ1) is 15.6. The summed E-state index contributed by atoms with van der Waals surface area (Å²) in [5.74, 6) is 0.311. The van der Waals surface area contributed by atoms with Gasteiger partial charge < -0.3 is 19.5 Å². The fraction of sp³-hybridized carbons (Fsp3) is 0.143. The zero-order valence-electron chi connectivity index (χ0n) is 11.0. The molecule has 2 aromatic carbocycles. The molecule has 0 saturated heterocycles. The van der Waals surface area contributed by atoms with Crippen LogP contribution in [0.1, 0.15) is 0 Å². The van der Waals surface area contributed by atoms with E-state index in [9.17, 15) is 4.39 Å². The van der Waals surface area contributed by atoms with Crippen LogP contribution in [0.15, 0.2) is 42.5 Å². The van der Waals surface area contributed by atoms with Crippen LogP contribution in [0.5, 0.6) is 11.5 Å². The zero-order chi connectivity index (χ0) is 15.2. The Bertz CT molecular complexity index is 609. The van der Waals surface area contributed by atoms with Crippen molar-refractivity contribution in [3.63, 3.8) is 0 Å². The Morgan fingerprint density at radius 2 is 1.67 bits per heavy atom. The van der Waals surface area contributed by atoms with Crippen molar-refractivity contribution < 1.29 is 23.9 Å². The molecular weight excluding hydrogens is 297 g/mol. The average Bonchev–Trinajstić information content (AvgIpc) is 2.47. The molecule has 0 saturated carbocycles. The van der Waals surface area contributed by atoms with Crippen molar-refractivity contribution >= 4 is 24.2 Å². The standard InChI is InChI=1S/C14H13BClFO4/c16-13-5-4-12(9-14(13)17)21-7-6-20-11-3-1-2-10(8-11)15(18)19/h1-5,8-9,18-19H,6-7H2. The fourth-order valence-electron chi connectivity index (χ4n) is 1.65. The summed E-state index contributed by atoms with van der Waals surface area (Å²) in [4.78, 5) is 0. The third kappa shape index (κ3) is 4.63. The minimum atomic E-state index is -1.54. The molecule has 0 atom stereocenters. The van der Waals surface area contributed by atoms with E-state index in [0.717, 1.165) is 0 Å². The van der Waals surface area contributed by atoms with E-state index >= 15 is 0 Å². The van der Waals surface area contributed by atoms with E-state index in [-0.39, 0.29) is 18.2 Å². The molecule has 0 radical (unpaired) electrons. The predicted octanol–water partition coefficient (Wildman–Crippen LogP) is 1.62. The van der Waals surface area contributed by atoms with Crippen molar-refractivity contribution in [3.05, 3.63) is 53.3 Å². The third-order valence-electron chi connectivity index (χ3n) is 2.67. The number of hydrogen-bond acceptors (Lipinski definition) is 4. The van der Waals surface area contributed by atoms with Crippen molar-refractivity contribution in [2.45, 2.75) is 0 Å². The summed E-state index contributed by atoms with van der Waals surface area (Å²) in [6.07, 6.45) is 0. The van der Waals surface area contributed by atoms with Gasteiger partial charge in [0.1, 0.15) is 30.5 Å². The first-order valence-corrected chi connectivity index (χ1v) is 6.61. The largest absolute Gasteiger partial charge is 0.490 e. The second kappa shape index (κ2) is 7.31. The number of benzene rings is 2. The highest BCUT2D eigenvalue weighted by Gasteiger charge is 2.11. The molecule has 0 bridgehead atoms. The molecular formula is C14H13BClFO4. The average molecular weight is 311 g/mol. The SMILES string of the molecule is OB(O)c1cccc(OCCOc2ccc(Cl)c(F)c2)c1. The summed E-state index contributed by atoms with van der Waals surface area (Å²) in [5.41, 5.74) is 0.341. The Labute approximate surface area is 126 Å². The van der Waals surface area contributed by atoms with Gasteiger partial charge in [-0.3, -0.25) is 0 Å². The topological polar surface area (TPSA) is 58.9 Å². The molecule has 4 nitrogen and oxygen atoms in total. The van der Waals surface area contributed by atoms with E-state index in [0.29, 0.717) is 17.0 Å². The Morgan fingerprint density at radius 3 is 2.29 bits per heavy atom. The maximum absolute atomic E-state index is 13.2. The molecule has 0 spiro atoms. The van der Waals surface area contributed by atoms with Gasteiger partial charge in [0.25, 0.3) is 0 Å². The van der Waals surface area contributed by atoms with Crippen molar-refractivity contribution in [2.75, 3.05) is 13.2 Å². The Hall–Kier alpha value is -1.76. The second-order valence-electron chi connectivity index (χ2n) is 4.22. The van der Waals surface area contributed by atoms with Crippen LogP contribution in [-0.4, -0.2) is 30.4 Å². The lowest BCUT2D eigenvalue weighted by molar-refractivity contribution is 0.216. The molecule has 7 heteroatoms. The van der Waals surface area contributed by atoms with Crippen LogP contribution < -0.4 is 14.9 Å². The molecule has 2 rings (SSSR count). The normalized spacial score (nSPS) is 10.3. The van der Waals surface area contributed by atoms with Gasteiger partial charge in [0, 0.05) is 6.07 Å². The van der Waals surface area contributed by atoms with Gasteiger partial charge in [0.2, 0.25) is 0 Å². The van der Waals surface area contributed by atoms with Crippen LogP contribution in [0.4, 0.5) is 4.39 Å². The monoisotopic (exact) mass is 310 g/mol. The molecule has 0 aliphatic carbocycles. The van der Waals surface area contributed by atoms with E-state index < -0.39 is 12.9 Å². The van der Waals surface area contributed by atoms with Gasteiger partial charge in [-0.25, -0.2) is 4.39 Å². The highest BCUT2D eigenvalue weighted by molar-refractivity contribution is 6.58. The van der Waals surface area contributed by atoms with Gasteiger partial charge >= 0.3 is 7.12 Å². The van der Waals surface area contributed by atoms with E-state index in [1.54, 1.807) is 24.3 Å². The molecule has 2 N–H and O–H groups in total. The van der Waals surface area contributed by atoms with E-state index in [1.165, 1.54) is 18.2 Å². The van der Waals surface area contributed by atoms with Crippen LogP contribution >= 0.6 is 11.6 Å². The Morgan fingerprint density at radius 1 is 1.00 bits per heavy atom. The number of halogens is 2. The molecule has 0 aliphatic rings. The van der Waals surface area contributed by atoms with Gasteiger partial charge in [0.05, 0.1) is 5.02 Å². The lowest BCUT2D eigenvalue weighted by atomic mass is 9.80. The molecule has 110 valence electrons. The van der Waals surface area contributed by atoms with Crippen LogP contribution in [0.3, 0.4) is 0 Å². The molecule has 0 unspecified atom stereocenters. The number of rotatable bonds is 6. The smallest absolute Gasteiger partial charge is 0.488 e. The van der Waals surface area contributed by atoms with Crippen molar-refractivity contribution in [1.82, 2.24) is 0 Å². The van der Waals surface area contributed by atoms with Crippen LogP contribution in [0, 0.1) is 5.82 Å². The summed E-state index contributed by atoms with van der Waals surface area (Å²) in [6.45, 7) is 0.447. The Balaban J connectivity index is 1.81. The van der Waals surface area contributed by atoms with Crippen LogP contribution in [-0.2, 0) is 0 Å². The van der Waals surface area contributed by atoms with Crippen LogP contribution in [0.25, 0.3) is 0 Å². The number of ether oxygens (including phenoxy) is 2. The first-order valence-electron chi connectivity index (χ1n) is 6.23. The highest BCUT2D eigenvalue weighted by atomic mass is 35.5.